The van der Waals surface area contributed by atoms with Crippen LogP contribution >= 0.6 is 0 Å². The van der Waals surface area contributed by atoms with Gasteiger partial charge in [-0.05, 0) is 38.7 Å². The lowest BCUT2D eigenvalue weighted by Gasteiger charge is -2.45. The van der Waals surface area contributed by atoms with Crippen molar-refractivity contribution in [1.29, 1.82) is 0 Å². The summed E-state index contributed by atoms with van der Waals surface area (Å²) in [6, 6.07) is 0. The Morgan fingerprint density at radius 1 is 1.30 bits per heavy atom. The largest absolute Gasteiger partial charge is 0.379 e. The average molecular weight is 373 g/mol. The quantitative estimate of drug-likeness (QED) is 0.781. The average Bonchev–Trinajstić information content (AvgIpc) is 3.02. The number of carbonyl (C=O) groups is 1. The van der Waals surface area contributed by atoms with Gasteiger partial charge in [0, 0.05) is 39.8 Å². The molecule has 3 aliphatic rings. The molecule has 0 saturated carbocycles. The molecule has 1 atom stereocenters. The molecule has 0 radical (unpaired) electrons. The van der Waals surface area contributed by atoms with E-state index in [0.717, 1.165) is 36.2 Å². The van der Waals surface area contributed by atoms with Gasteiger partial charge in [-0.15, -0.1) is 0 Å². The standard InChI is InChI=1S/C19H27N5O3/c1-13-11-18(2,27-22-13)16(25)24-8-6-19(7-9-24)15-14(5-10-26-19)12-20-17(21-15)23(3)4/h12H,5-11H2,1-4H3. The molecule has 0 bridgehead atoms. The Bertz CT molecular complexity index is 786. The van der Waals surface area contributed by atoms with E-state index in [4.69, 9.17) is 14.6 Å². The SMILES string of the molecule is CC1=NOC(C)(C(=O)N2CCC3(CC2)OCCc2cnc(N(C)C)nc23)C1. The molecule has 3 aliphatic heterocycles. The van der Waals surface area contributed by atoms with Crippen molar-refractivity contribution in [2.24, 2.45) is 5.16 Å². The van der Waals surface area contributed by atoms with Crippen LogP contribution in [0.15, 0.2) is 11.4 Å². The summed E-state index contributed by atoms with van der Waals surface area (Å²) in [5.74, 6) is 0.697. The van der Waals surface area contributed by atoms with Gasteiger partial charge in [0.15, 0.2) is 0 Å². The van der Waals surface area contributed by atoms with Gasteiger partial charge < -0.3 is 19.4 Å². The highest BCUT2D eigenvalue weighted by Crippen LogP contribution is 2.41. The molecular weight excluding hydrogens is 346 g/mol. The maximum Gasteiger partial charge on any atom is 0.269 e. The van der Waals surface area contributed by atoms with Crippen molar-refractivity contribution in [3.05, 3.63) is 17.5 Å². The van der Waals surface area contributed by atoms with Gasteiger partial charge in [-0.1, -0.05) is 5.16 Å². The van der Waals surface area contributed by atoms with E-state index in [1.165, 1.54) is 0 Å². The van der Waals surface area contributed by atoms with Crippen molar-refractivity contribution in [3.8, 4) is 0 Å². The Labute approximate surface area is 159 Å². The van der Waals surface area contributed by atoms with Crippen LogP contribution in [-0.4, -0.2) is 65.9 Å². The van der Waals surface area contributed by atoms with Crippen LogP contribution in [0.1, 0.15) is 44.4 Å². The summed E-state index contributed by atoms with van der Waals surface area (Å²) in [5.41, 5.74) is 1.70. The minimum Gasteiger partial charge on any atom is -0.379 e. The maximum atomic E-state index is 13.0. The highest BCUT2D eigenvalue weighted by Gasteiger charge is 2.48. The van der Waals surface area contributed by atoms with E-state index in [-0.39, 0.29) is 5.91 Å². The van der Waals surface area contributed by atoms with Gasteiger partial charge in [0.25, 0.3) is 5.91 Å². The van der Waals surface area contributed by atoms with Crippen molar-refractivity contribution in [1.82, 2.24) is 14.9 Å². The van der Waals surface area contributed by atoms with Gasteiger partial charge in [0.05, 0.1) is 18.0 Å². The van der Waals surface area contributed by atoms with Gasteiger partial charge >= 0.3 is 0 Å². The molecular formula is C19H27N5O3. The van der Waals surface area contributed by atoms with E-state index in [9.17, 15) is 4.79 Å². The van der Waals surface area contributed by atoms with Crippen molar-refractivity contribution in [2.45, 2.75) is 50.7 Å². The number of carbonyl (C=O) groups excluding carboxylic acids is 1. The van der Waals surface area contributed by atoms with Crippen LogP contribution in [0.5, 0.6) is 0 Å². The molecule has 0 aromatic carbocycles. The predicted molar refractivity (Wildman–Crippen MR) is 101 cm³/mol. The number of amides is 1. The van der Waals surface area contributed by atoms with Gasteiger partial charge in [0.2, 0.25) is 11.5 Å². The normalized spacial score (nSPS) is 26.4. The van der Waals surface area contributed by atoms with Crippen LogP contribution in [0, 0.1) is 0 Å². The summed E-state index contributed by atoms with van der Waals surface area (Å²) >= 11 is 0. The van der Waals surface area contributed by atoms with Crippen LogP contribution in [-0.2, 0) is 26.4 Å². The minimum atomic E-state index is -0.875. The van der Waals surface area contributed by atoms with Crippen LogP contribution in [0.25, 0.3) is 0 Å². The van der Waals surface area contributed by atoms with Gasteiger partial charge in [0.1, 0.15) is 5.60 Å². The van der Waals surface area contributed by atoms with Crippen molar-refractivity contribution in [2.75, 3.05) is 38.7 Å². The Kier molecular flexibility index (Phi) is 4.33. The Hall–Kier alpha value is -2.22. The van der Waals surface area contributed by atoms with Crippen LogP contribution in [0.4, 0.5) is 5.95 Å². The fourth-order valence-electron chi connectivity index (χ4n) is 4.25. The number of oxime groups is 1. The zero-order chi connectivity index (χ0) is 19.2. The second-order valence-corrected chi connectivity index (χ2v) is 8.15. The summed E-state index contributed by atoms with van der Waals surface area (Å²) in [7, 11) is 3.87. The number of aromatic nitrogens is 2. The van der Waals surface area contributed by atoms with Gasteiger partial charge in [-0.2, -0.15) is 0 Å². The summed E-state index contributed by atoms with van der Waals surface area (Å²) < 4.78 is 6.26. The molecule has 146 valence electrons. The van der Waals surface area contributed by atoms with E-state index >= 15 is 0 Å². The van der Waals surface area contributed by atoms with Crippen molar-refractivity contribution >= 4 is 17.6 Å². The first-order chi connectivity index (χ1) is 12.8. The third-order valence-electron chi connectivity index (χ3n) is 5.74. The number of anilines is 1. The Balaban J connectivity index is 1.53. The van der Waals surface area contributed by atoms with E-state index in [2.05, 4.69) is 10.1 Å². The van der Waals surface area contributed by atoms with Crippen LogP contribution in [0.2, 0.25) is 0 Å². The molecule has 1 aromatic rings. The molecule has 0 aliphatic carbocycles. The molecule has 4 rings (SSSR count). The number of hydrogen-bond acceptors (Lipinski definition) is 7. The lowest BCUT2D eigenvalue weighted by atomic mass is 9.82. The van der Waals surface area contributed by atoms with Crippen molar-refractivity contribution in [3.63, 3.8) is 0 Å². The molecule has 8 heteroatoms. The zero-order valence-corrected chi connectivity index (χ0v) is 16.5. The van der Waals surface area contributed by atoms with Crippen LogP contribution in [0.3, 0.4) is 0 Å². The Morgan fingerprint density at radius 2 is 2.04 bits per heavy atom. The maximum absolute atomic E-state index is 13.0. The van der Waals surface area contributed by atoms with E-state index in [0.29, 0.717) is 32.1 Å². The molecule has 1 aromatic heterocycles. The number of piperidine rings is 1. The minimum absolute atomic E-state index is 0.00523. The number of fused-ring (bicyclic) bond motifs is 2. The lowest BCUT2D eigenvalue weighted by molar-refractivity contribution is -0.161. The monoisotopic (exact) mass is 373 g/mol. The second-order valence-electron chi connectivity index (χ2n) is 8.15. The number of likely N-dealkylation sites (tertiary alicyclic amines) is 1. The first-order valence-corrected chi connectivity index (χ1v) is 9.52. The first kappa shape index (κ1) is 18.2. The number of hydrogen-bond donors (Lipinski definition) is 0. The number of rotatable bonds is 2. The third kappa shape index (κ3) is 3.05. The molecule has 4 heterocycles. The molecule has 8 nitrogen and oxygen atoms in total. The zero-order valence-electron chi connectivity index (χ0n) is 16.5. The summed E-state index contributed by atoms with van der Waals surface area (Å²) in [6.07, 6.45) is 4.76. The molecule has 1 fully saturated rings. The third-order valence-corrected chi connectivity index (χ3v) is 5.74. The summed E-state index contributed by atoms with van der Waals surface area (Å²) in [4.78, 5) is 31.5. The number of ether oxygens (including phenoxy) is 1. The fraction of sp³-hybridized carbons (Fsp3) is 0.684. The summed E-state index contributed by atoms with van der Waals surface area (Å²) in [6.45, 7) is 5.62. The second kappa shape index (κ2) is 6.44. The molecule has 1 unspecified atom stereocenters. The highest BCUT2D eigenvalue weighted by atomic mass is 16.7. The van der Waals surface area contributed by atoms with Gasteiger partial charge in [-0.3, -0.25) is 4.79 Å². The van der Waals surface area contributed by atoms with E-state index in [1.807, 2.05) is 43.9 Å². The highest BCUT2D eigenvalue weighted by molar-refractivity contribution is 5.94. The molecule has 1 amide bonds. The first-order valence-electron chi connectivity index (χ1n) is 9.52. The van der Waals surface area contributed by atoms with E-state index in [1.54, 1.807) is 0 Å². The smallest absolute Gasteiger partial charge is 0.269 e. The number of nitrogens with zero attached hydrogens (tertiary/aromatic N) is 5. The topological polar surface area (TPSA) is 80.1 Å². The molecule has 0 N–H and O–H groups in total. The van der Waals surface area contributed by atoms with E-state index < -0.39 is 11.2 Å². The summed E-state index contributed by atoms with van der Waals surface area (Å²) in [5, 5.41) is 3.97. The molecule has 27 heavy (non-hydrogen) atoms. The molecule has 1 spiro atoms. The van der Waals surface area contributed by atoms with Crippen LogP contribution < -0.4 is 4.90 Å². The van der Waals surface area contributed by atoms with Gasteiger partial charge in [-0.25, -0.2) is 9.97 Å². The lowest BCUT2D eigenvalue weighted by Crippen LogP contribution is -2.54. The van der Waals surface area contributed by atoms with Crippen molar-refractivity contribution < 1.29 is 14.4 Å². The predicted octanol–water partition coefficient (Wildman–Crippen LogP) is 1.49. The fourth-order valence-corrected chi connectivity index (χ4v) is 4.25. The molecule has 1 saturated heterocycles. The Morgan fingerprint density at radius 3 is 2.67 bits per heavy atom.